The molecule has 6 rings (SSSR count). The van der Waals surface area contributed by atoms with Crippen LogP contribution in [0.5, 0.6) is 5.88 Å². The predicted molar refractivity (Wildman–Crippen MR) is 143 cm³/mol. The van der Waals surface area contributed by atoms with E-state index in [1.54, 1.807) is 28.9 Å². The summed E-state index contributed by atoms with van der Waals surface area (Å²) in [5.74, 6) is 0.618. The molecule has 37 heavy (non-hydrogen) atoms. The molecule has 2 bridgehead atoms. The molecule has 4 aromatic rings. The van der Waals surface area contributed by atoms with E-state index in [1.165, 1.54) is 0 Å². The number of thiazole rings is 2. The molecule has 10 heteroatoms. The van der Waals surface area contributed by atoms with Gasteiger partial charge in [-0.25, -0.2) is 9.97 Å². The Labute approximate surface area is 223 Å². The molecule has 1 unspecified atom stereocenters. The van der Waals surface area contributed by atoms with Crippen molar-refractivity contribution < 1.29 is 9.53 Å². The largest absolute Gasteiger partial charge is 0.473 e. The number of piperidine rings is 1. The highest BCUT2D eigenvalue weighted by Crippen LogP contribution is 2.38. The lowest BCUT2D eigenvalue weighted by atomic mass is 9.98. The van der Waals surface area contributed by atoms with Crippen LogP contribution in [-0.2, 0) is 6.42 Å². The molecule has 6 heterocycles. The van der Waals surface area contributed by atoms with E-state index in [9.17, 15) is 4.79 Å². The van der Waals surface area contributed by atoms with Gasteiger partial charge in [-0.3, -0.25) is 9.78 Å². The summed E-state index contributed by atoms with van der Waals surface area (Å²) < 4.78 is 6.10. The Balaban J connectivity index is 1.09. The Bertz CT molecular complexity index is 1400. The number of amides is 1. The Kier molecular flexibility index (Phi) is 6.46. The Morgan fingerprint density at radius 3 is 2.51 bits per heavy atom. The molecule has 3 atom stereocenters. The maximum Gasteiger partial charge on any atom is 0.255 e. The van der Waals surface area contributed by atoms with Crippen LogP contribution in [0.15, 0.2) is 35.8 Å². The average Bonchev–Trinajstić information content (AvgIpc) is 3.56. The number of aromatic nitrogens is 5. The SMILES string of the molecule is Cc1ccc(OC2C[C@H]3CC[C@@H](C2)N3C(=O)c2ccc(Cc3nc(-c4sc(C)nc4C)cs3)nc2)nn1. The van der Waals surface area contributed by atoms with E-state index in [4.69, 9.17) is 9.72 Å². The van der Waals surface area contributed by atoms with Gasteiger partial charge in [-0.1, -0.05) is 0 Å². The molecule has 2 aliphatic heterocycles. The highest BCUT2D eigenvalue weighted by molar-refractivity contribution is 7.16. The first-order valence-electron chi connectivity index (χ1n) is 12.6. The summed E-state index contributed by atoms with van der Waals surface area (Å²) in [6.07, 6.45) is 6.06. The van der Waals surface area contributed by atoms with E-state index < -0.39 is 0 Å². The predicted octanol–water partition coefficient (Wildman–Crippen LogP) is 5.18. The van der Waals surface area contributed by atoms with Crippen molar-refractivity contribution >= 4 is 28.6 Å². The highest BCUT2D eigenvalue weighted by Gasteiger charge is 2.44. The van der Waals surface area contributed by atoms with E-state index >= 15 is 0 Å². The first kappa shape index (κ1) is 24.1. The Morgan fingerprint density at radius 2 is 1.86 bits per heavy atom. The molecule has 0 N–H and O–H groups in total. The summed E-state index contributed by atoms with van der Waals surface area (Å²) in [4.78, 5) is 30.5. The number of rotatable bonds is 6. The van der Waals surface area contributed by atoms with Crippen molar-refractivity contribution in [2.45, 2.75) is 71.1 Å². The third kappa shape index (κ3) is 5.00. The number of carbonyl (C=O) groups excluding carboxylic acids is 1. The van der Waals surface area contributed by atoms with Crippen LogP contribution < -0.4 is 4.74 Å². The molecule has 0 aliphatic carbocycles. The van der Waals surface area contributed by atoms with Gasteiger partial charge in [-0.15, -0.1) is 27.8 Å². The number of carbonyl (C=O) groups is 1. The Hall–Kier alpha value is -3.24. The van der Waals surface area contributed by atoms with E-state index in [1.807, 2.05) is 45.0 Å². The summed E-state index contributed by atoms with van der Waals surface area (Å²) in [6, 6.07) is 7.99. The average molecular weight is 533 g/mol. The first-order chi connectivity index (χ1) is 17.9. The van der Waals surface area contributed by atoms with Crippen LogP contribution in [0.25, 0.3) is 10.6 Å². The standard InChI is InChI=1S/C27H28N6O2S2/c1-15-4-9-24(32-31-15)35-22-11-20-7-8-21(12-22)33(20)27(34)18-5-6-19(28-13-18)10-25-30-23(14-36-25)26-16(2)29-17(3)37-26/h4-6,9,13-14,20-22H,7-8,10-12H2,1-3H3/t20-,21+,22?. The molecule has 0 saturated carbocycles. The fourth-order valence-corrected chi connectivity index (χ4v) is 7.16. The van der Waals surface area contributed by atoms with Crippen LogP contribution in [0, 0.1) is 20.8 Å². The molecule has 190 valence electrons. The summed E-state index contributed by atoms with van der Waals surface area (Å²) in [5.41, 5.74) is 4.41. The molecule has 0 radical (unpaired) electrons. The molecule has 8 nitrogen and oxygen atoms in total. The number of nitrogens with zero attached hydrogens (tertiary/aromatic N) is 6. The van der Waals surface area contributed by atoms with E-state index in [0.717, 1.165) is 63.4 Å². The zero-order chi connectivity index (χ0) is 25.5. The number of fused-ring (bicyclic) bond motifs is 2. The topological polar surface area (TPSA) is 94.0 Å². The quantitative estimate of drug-likeness (QED) is 0.338. The van der Waals surface area contributed by atoms with Gasteiger partial charge < -0.3 is 9.64 Å². The number of hydrogen-bond acceptors (Lipinski definition) is 9. The molecule has 2 saturated heterocycles. The van der Waals surface area contributed by atoms with Gasteiger partial charge in [0.1, 0.15) is 6.10 Å². The van der Waals surface area contributed by atoms with Crippen LogP contribution in [0.1, 0.15) is 63.1 Å². The van der Waals surface area contributed by atoms with E-state index in [-0.39, 0.29) is 24.1 Å². The molecule has 1 amide bonds. The van der Waals surface area contributed by atoms with Crippen molar-refractivity contribution in [3.8, 4) is 16.5 Å². The summed E-state index contributed by atoms with van der Waals surface area (Å²) >= 11 is 3.31. The molecule has 4 aromatic heterocycles. The number of pyridine rings is 1. The van der Waals surface area contributed by atoms with Crippen LogP contribution in [0.3, 0.4) is 0 Å². The van der Waals surface area contributed by atoms with Crippen LogP contribution >= 0.6 is 22.7 Å². The molecular weight excluding hydrogens is 504 g/mol. The van der Waals surface area contributed by atoms with Crippen molar-refractivity contribution in [3.63, 3.8) is 0 Å². The lowest BCUT2D eigenvalue weighted by Crippen LogP contribution is -2.49. The minimum Gasteiger partial charge on any atom is -0.473 e. The van der Waals surface area contributed by atoms with Gasteiger partial charge >= 0.3 is 0 Å². The first-order valence-corrected chi connectivity index (χ1v) is 14.3. The smallest absolute Gasteiger partial charge is 0.255 e. The van der Waals surface area contributed by atoms with Crippen molar-refractivity contribution in [1.29, 1.82) is 0 Å². The third-order valence-corrected chi connectivity index (χ3v) is 9.02. The maximum absolute atomic E-state index is 13.4. The van der Waals surface area contributed by atoms with Gasteiger partial charge in [0.05, 0.1) is 37.5 Å². The minimum absolute atomic E-state index is 0.0555. The summed E-state index contributed by atoms with van der Waals surface area (Å²) in [7, 11) is 0. The maximum atomic E-state index is 13.4. The van der Waals surface area contributed by atoms with Gasteiger partial charge in [-0.2, -0.15) is 5.10 Å². The molecule has 2 aliphatic rings. The van der Waals surface area contributed by atoms with Crippen molar-refractivity contribution in [2.24, 2.45) is 0 Å². The van der Waals surface area contributed by atoms with Crippen molar-refractivity contribution in [1.82, 2.24) is 30.0 Å². The van der Waals surface area contributed by atoms with E-state index in [2.05, 4.69) is 30.4 Å². The normalized spacial score (nSPS) is 20.8. The van der Waals surface area contributed by atoms with Gasteiger partial charge in [-0.05, 0) is 51.8 Å². The second kappa shape index (κ2) is 9.90. The van der Waals surface area contributed by atoms with E-state index in [0.29, 0.717) is 17.9 Å². The number of hydrogen-bond donors (Lipinski definition) is 0. The minimum atomic E-state index is 0.0555. The van der Waals surface area contributed by atoms with Crippen LogP contribution in [0.2, 0.25) is 0 Å². The monoisotopic (exact) mass is 532 g/mol. The molecule has 0 aromatic carbocycles. The second-order valence-electron chi connectivity index (χ2n) is 9.81. The van der Waals surface area contributed by atoms with Crippen LogP contribution in [-0.4, -0.2) is 54.1 Å². The zero-order valence-corrected chi connectivity index (χ0v) is 22.7. The van der Waals surface area contributed by atoms with Crippen molar-refractivity contribution in [2.75, 3.05) is 0 Å². The third-order valence-electron chi connectivity index (χ3n) is 7.08. The number of ether oxygens (including phenoxy) is 1. The summed E-state index contributed by atoms with van der Waals surface area (Å²) in [5, 5.41) is 12.4. The van der Waals surface area contributed by atoms with Crippen LogP contribution in [0.4, 0.5) is 0 Å². The highest BCUT2D eigenvalue weighted by atomic mass is 32.1. The van der Waals surface area contributed by atoms with Gasteiger partial charge in [0, 0.05) is 54.7 Å². The fourth-order valence-electron chi connectivity index (χ4n) is 5.40. The molecule has 2 fully saturated rings. The number of aryl methyl sites for hydroxylation is 3. The Morgan fingerprint density at radius 1 is 1.05 bits per heavy atom. The van der Waals surface area contributed by atoms with Gasteiger partial charge in [0.2, 0.25) is 5.88 Å². The van der Waals surface area contributed by atoms with Gasteiger partial charge in [0.15, 0.2) is 0 Å². The molecule has 0 spiro atoms. The zero-order valence-electron chi connectivity index (χ0n) is 21.0. The lowest BCUT2D eigenvalue weighted by molar-refractivity contribution is 0.0345. The fraction of sp³-hybridized carbons (Fsp3) is 0.407. The summed E-state index contributed by atoms with van der Waals surface area (Å²) in [6.45, 7) is 5.95. The molecular formula is C27H28N6O2S2. The van der Waals surface area contributed by atoms with Gasteiger partial charge in [0.25, 0.3) is 5.91 Å². The lowest BCUT2D eigenvalue weighted by Gasteiger charge is -2.38. The second-order valence-corrected chi connectivity index (χ2v) is 12.0. The van der Waals surface area contributed by atoms with Crippen molar-refractivity contribution in [3.05, 3.63) is 68.5 Å².